The summed E-state index contributed by atoms with van der Waals surface area (Å²) in [4.78, 5) is 73.0. The van der Waals surface area contributed by atoms with Crippen molar-refractivity contribution in [3.8, 4) is 0 Å². The Bertz CT molecular complexity index is 2540. The van der Waals surface area contributed by atoms with Crippen LogP contribution in [0.3, 0.4) is 0 Å². The maximum absolute atomic E-state index is 13.1. The molecule has 0 aliphatic carbocycles. The molecule has 0 saturated heterocycles. The zero-order chi connectivity index (χ0) is 76.0. The number of unbranched alkanes of at least 4 members (excludes halogenated alkanes) is 24. The number of carbonyl (C=O) groups is 4. The first-order valence-corrected chi connectivity index (χ1v) is 43.1. The predicted octanol–water partition coefficient (Wildman–Crippen LogP) is 23.4. The molecule has 5 unspecified atom stereocenters. The van der Waals surface area contributed by atoms with Crippen molar-refractivity contribution in [1.82, 2.24) is 0 Å². The number of esters is 4. The van der Waals surface area contributed by atoms with Gasteiger partial charge in [-0.05, 0) is 141 Å². The molecule has 594 valence electrons. The number of aliphatic hydroxyl groups excluding tert-OH is 1. The molecule has 0 heterocycles. The molecule has 0 aromatic heterocycles. The minimum absolute atomic E-state index is 0.0310. The number of carbonyl (C=O) groups excluding carboxylic acids is 4. The highest BCUT2D eigenvalue weighted by molar-refractivity contribution is 7.47. The number of rotatable bonds is 74. The average molecular weight is 1500 g/mol. The van der Waals surface area contributed by atoms with Crippen molar-refractivity contribution >= 4 is 39.5 Å². The Morgan fingerprint density at radius 1 is 0.279 bits per heavy atom. The summed E-state index contributed by atoms with van der Waals surface area (Å²) in [5.41, 5.74) is 0. The lowest BCUT2D eigenvalue weighted by Crippen LogP contribution is -2.30. The SMILES string of the molecule is CC/C=C\C/C=C\C/C=C\C/C=C\C/C=C\CCCCCC(=O)OCC(COP(=O)(O)OCC(O)COP(=O)(O)OCC(COC(=O)CCCCCCCCC/C=C\C/C=C\C/C=C\CC)OC(=O)CCCCCCCCCCCCCCC)OC(=O)CCCC/C=C\C/C=C\C/C=C\C/C=C\CC. The quantitative estimate of drug-likeness (QED) is 0.0169. The van der Waals surface area contributed by atoms with Crippen molar-refractivity contribution in [1.29, 1.82) is 0 Å². The van der Waals surface area contributed by atoms with Crippen LogP contribution in [0, 0.1) is 0 Å². The molecule has 19 heteroatoms. The highest BCUT2D eigenvalue weighted by atomic mass is 31.2. The van der Waals surface area contributed by atoms with E-state index >= 15 is 0 Å². The van der Waals surface area contributed by atoms with Crippen LogP contribution in [0.2, 0.25) is 0 Å². The summed E-state index contributed by atoms with van der Waals surface area (Å²) >= 11 is 0. The zero-order valence-corrected chi connectivity index (χ0v) is 66.7. The number of aliphatic hydroxyl groups is 1. The number of ether oxygens (including phenoxy) is 4. The van der Waals surface area contributed by atoms with E-state index in [9.17, 15) is 43.2 Å². The van der Waals surface area contributed by atoms with Gasteiger partial charge in [-0.3, -0.25) is 37.3 Å². The predicted molar refractivity (Wildman–Crippen MR) is 427 cm³/mol. The van der Waals surface area contributed by atoms with Crippen molar-refractivity contribution in [2.24, 2.45) is 0 Å². The molecule has 17 nitrogen and oxygen atoms in total. The normalized spacial score (nSPS) is 14.6. The van der Waals surface area contributed by atoms with Gasteiger partial charge in [0.1, 0.15) is 19.3 Å². The van der Waals surface area contributed by atoms with E-state index in [2.05, 4.69) is 174 Å². The third-order valence-corrected chi connectivity index (χ3v) is 18.2. The van der Waals surface area contributed by atoms with Crippen LogP contribution in [0.4, 0.5) is 0 Å². The van der Waals surface area contributed by atoms with Gasteiger partial charge in [-0.2, -0.15) is 0 Å². The number of hydrogen-bond acceptors (Lipinski definition) is 15. The van der Waals surface area contributed by atoms with Gasteiger partial charge in [-0.1, -0.05) is 289 Å². The molecular weight excluding hydrogens is 1350 g/mol. The van der Waals surface area contributed by atoms with E-state index < -0.39 is 97.5 Å². The van der Waals surface area contributed by atoms with Crippen molar-refractivity contribution in [3.63, 3.8) is 0 Å². The Morgan fingerprint density at radius 3 is 0.798 bits per heavy atom. The molecule has 3 N–H and O–H groups in total. The largest absolute Gasteiger partial charge is 0.472 e. The molecule has 0 aliphatic rings. The van der Waals surface area contributed by atoms with Gasteiger partial charge in [0.05, 0.1) is 26.4 Å². The van der Waals surface area contributed by atoms with E-state index in [1.807, 2.05) is 0 Å². The summed E-state index contributed by atoms with van der Waals surface area (Å²) in [6.07, 6.45) is 86.9. The molecule has 0 radical (unpaired) electrons. The van der Waals surface area contributed by atoms with Crippen LogP contribution in [-0.2, 0) is 65.4 Å². The number of allylic oxidation sites excluding steroid dienone is 24. The van der Waals surface area contributed by atoms with Gasteiger partial charge >= 0.3 is 39.5 Å². The summed E-state index contributed by atoms with van der Waals surface area (Å²) in [7, 11) is -9.99. The van der Waals surface area contributed by atoms with Crippen LogP contribution in [0.25, 0.3) is 0 Å². The van der Waals surface area contributed by atoms with Crippen molar-refractivity contribution < 1.29 is 80.2 Å². The zero-order valence-electron chi connectivity index (χ0n) is 64.9. The topological polar surface area (TPSA) is 237 Å². The lowest BCUT2D eigenvalue weighted by molar-refractivity contribution is -0.161. The standard InChI is InChI=1S/C85H142O17P2/c1-5-9-13-17-21-25-29-33-36-38-39-41-44-47-50-54-58-62-66-70-83(88)96-76-81(102-85(90)72-68-64-60-56-52-48-42-35-31-27-23-19-15-11-7-3)78-100-104(93,94)98-74-79(86)73-97-103(91,92)99-77-80(101-84(89)71-67-63-59-55-51-45-32-28-24-20-16-12-8-4)75-95-82(87)69-65-61-57-53-49-46-43-40-37-34-30-26-22-18-14-10-6-2/h9-11,13-15,21-23,25-27,33-37,39,41-42,47,50,52,56,79-81,86H,5-8,12,16-20,24,28-32,38,40,43-46,48-49,51,53-55,57-78H2,1-4H3,(H,91,92)(H,93,94)/b13-9-,14-10-,15-11-,25-21-,26-22-,27-23-,36-33-,37-34-,41-39-,42-35-,50-47-,56-52-. The second-order valence-electron chi connectivity index (χ2n) is 26.2. The van der Waals surface area contributed by atoms with Gasteiger partial charge in [0.2, 0.25) is 0 Å². The van der Waals surface area contributed by atoms with Gasteiger partial charge in [0.25, 0.3) is 0 Å². The highest BCUT2D eigenvalue weighted by Gasteiger charge is 2.30. The van der Waals surface area contributed by atoms with E-state index in [1.54, 1.807) is 0 Å². The molecular formula is C85H142O17P2. The Hall–Kier alpha value is -5.06. The molecule has 0 aliphatic heterocycles. The van der Waals surface area contributed by atoms with E-state index in [1.165, 1.54) is 51.4 Å². The first kappa shape index (κ1) is 98.9. The third-order valence-electron chi connectivity index (χ3n) is 16.3. The molecule has 0 amide bonds. The van der Waals surface area contributed by atoms with Crippen LogP contribution < -0.4 is 0 Å². The molecule has 0 rings (SSSR count). The van der Waals surface area contributed by atoms with Crippen molar-refractivity contribution in [3.05, 3.63) is 146 Å². The summed E-state index contributed by atoms with van der Waals surface area (Å²) in [5, 5.41) is 10.6. The number of hydrogen-bond donors (Lipinski definition) is 3. The monoisotopic (exact) mass is 1500 g/mol. The fourth-order valence-electron chi connectivity index (χ4n) is 10.3. The van der Waals surface area contributed by atoms with Crippen LogP contribution in [0.1, 0.15) is 310 Å². The highest BCUT2D eigenvalue weighted by Crippen LogP contribution is 2.45. The molecule has 104 heavy (non-hydrogen) atoms. The van der Waals surface area contributed by atoms with Crippen LogP contribution in [0.15, 0.2) is 146 Å². The van der Waals surface area contributed by atoms with Crippen LogP contribution in [0.5, 0.6) is 0 Å². The van der Waals surface area contributed by atoms with E-state index in [-0.39, 0.29) is 25.7 Å². The fourth-order valence-corrected chi connectivity index (χ4v) is 11.9. The molecule has 0 spiro atoms. The third kappa shape index (κ3) is 75.2. The summed E-state index contributed by atoms with van der Waals surface area (Å²) in [6.45, 7) is 4.45. The molecule has 0 fully saturated rings. The smallest absolute Gasteiger partial charge is 0.462 e. The lowest BCUT2D eigenvalue weighted by atomic mass is 10.0. The van der Waals surface area contributed by atoms with E-state index in [0.29, 0.717) is 32.1 Å². The molecule has 5 atom stereocenters. The van der Waals surface area contributed by atoms with E-state index in [4.69, 9.17) is 37.0 Å². The first-order valence-electron chi connectivity index (χ1n) is 40.1. The Morgan fingerprint density at radius 2 is 0.500 bits per heavy atom. The van der Waals surface area contributed by atoms with Crippen LogP contribution in [-0.4, -0.2) is 96.7 Å². The summed E-state index contributed by atoms with van der Waals surface area (Å²) in [5.74, 6) is -2.27. The summed E-state index contributed by atoms with van der Waals surface area (Å²) < 4.78 is 68.6. The van der Waals surface area contributed by atoms with Crippen molar-refractivity contribution in [2.45, 2.75) is 329 Å². The molecule has 0 bridgehead atoms. The summed E-state index contributed by atoms with van der Waals surface area (Å²) in [6, 6.07) is 0. The molecule has 0 aromatic carbocycles. The number of phosphoric acid groups is 2. The molecule has 0 saturated carbocycles. The second-order valence-corrected chi connectivity index (χ2v) is 29.1. The maximum Gasteiger partial charge on any atom is 0.472 e. The van der Waals surface area contributed by atoms with Gasteiger partial charge < -0.3 is 33.8 Å². The Balaban J connectivity index is 5.42. The Labute approximate surface area is 630 Å². The average Bonchev–Trinajstić information content (AvgIpc) is 0.911. The molecule has 0 aromatic rings. The van der Waals surface area contributed by atoms with Gasteiger partial charge in [-0.15, -0.1) is 0 Å². The minimum Gasteiger partial charge on any atom is -0.462 e. The minimum atomic E-state index is -5.00. The Kier molecular flexibility index (Phi) is 72.4. The second kappa shape index (κ2) is 76.1. The van der Waals surface area contributed by atoms with E-state index in [0.717, 1.165) is 173 Å². The van der Waals surface area contributed by atoms with Gasteiger partial charge in [0, 0.05) is 25.7 Å². The van der Waals surface area contributed by atoms with Gasteiger partial charge in [0.15, 0.2) is 12.2 Å². The lowest BCUT2D eigenvalue weighted by Gasteiger charge is -2.21. The van der Waals surface area contributed by atoms with Gasteiger partial charge in [-0.25, -0.2) is 9.13 Å². The van der Waals surface area contributed by atoms with Crippen LogP contribution >= 0.6 is 15.6 Å². The van der Waals surface area contributed by atoms with Crippen molar-refractivity contribution in [2.75, 3.05) is 39.6 Å². The maximum atomic E-state index is 13.1. The first-order chi connectivity index (χ1) is 50.7. The number of phosphoric ester groups is 2. The fraction of sp³-hybridized carbons (Fsp3) is 0.671.